The molecule has 170 valence electrons. The normalized spacial score (nSPS) is 18.8. The number of ether oxygens (including phenoxy) is 1. The third-order valence-electron chi connectivity index (χ3n) is 5.64. The van der Waals surface area contributed by atoms with Crippen molar-refractivity contribution in [1.29, 1.82) is 0 Å². The molecule has 2 aliphatic rings. The van der Waals surface area contributed by atoms with Gasteiger partial charge in [0.15, 0.2) is 5.82 Å². The van der Waals surface area contributed by atoms with E-state index in [0.29, 0.717) is 43.6 Å². The summed E-state index contributed by atoms with van der Waals surface area (Å²) in [5.74, 6) is 0.619. The van der Waals surface area contributed by atoms with Crippen LogP contribution in [0.1, 0.15) is 12.8 Å². The molecule has 32 heavy (non-hydrogen) atoms. The van der Waals surface area contributed by atoms with E-state index < -0.39 is 0 Å². The van der Waals surface area contributed by atoms with Crippen LogP contribution in [0.5, 0.6) is 5.88 Å². The van der Waals surface area contributed by atoms with Crippen molar-refractivity contribution in [3.05, 3.63) is 42.5 Å². The molecule has 2 fully saturated rings. The predicted molar refractivity (Wildman–Crippen MR) is 117 cm³/mol. The van der Waals surface area contributed by atoms with Gasteiger partial charge in [0.05, 0.1) is 6.54 Å². The van der Waals surface area contributed by atoms with Crippen LogP contribution in [0, 0.1) is 5.82 Å². The number of urea groups is 1. The van der Waals surface area contributed by atoms with Crippen molar-refractivity contribution in [1.82, 2.24) is 19.8 Å². The summed E-state index contributed by atoms with van der Waals surface area (Å²) < 4.78 is 19.2. The van der Waals surface area contributed by atoms with E-state index in [1.54, 1.807) is 34.3 Å². The van der Waals surface area contributed by atoms with Crippen molar-refractivity contribution in [2.45, 2.75) is 18.9 Å². The average Bonchev–Trinajstić information content (AvgIpc) is 3.14. The lowest BCUT2D eigenvalue weighted by atomic mass is 10.1. The third kappa shape index (κ3) is 4.74. The Morgan fingerprint density at radius 1 is 1.16 bits per heavy atom. The highest BCUT2D eigenvalue weighted by Crippen LogP contribution is 2.25. The number of amides is 3. The van der Waals surface area contributed by atoms with E-state index >= 15 is 0 Å². The fourth-order valence-corrected chi connectivity index (χ4v) is 3.98. The van der Waals surface area contributed by atoms with Gasteiger partial charge in [0, 0.05) is 51.8 Å². The second-order valence-electron chi connectivity index (χ2n) is 8.13. The number of halogens is 1. The van der Waals surface area contributed by atoms with Gasteiger partial charge in [-0.2, -0.15) is 0 Å². The Labute approximate surface area is 186 Å². The molecule has 0 N–H and O–H groups in total. The predicted octanol–water partition coefficient (Wildman–Crippen LogP) is 1.99. The minimum atomic E-state index is -0.353. The van der Waals surface area contributed by atoms with Crippen LogP contribution in [0.4, 0.5) is 20.7 Å². The largest absolute Gasteiger partial charge is 0.470 e. The Morgan fingerprint density at radius 3 is 2.66 bits per heavy atom. The zero-order valence-electron chi connectivity index (χ0n) is 18.3. The molecule has 0 spiro atoms. The maximum Gasteiger partial charge on any atom is 0.325 e. The Morgan fingerprint density at radius 2 is 1.91 bits per heavy atom. The summed E-state index contributed by atoms with van der Waals surface area (Å²) in [7, 11) is 3.74. The van der Waals surface area contributed by atoms with E-state index in [1.165, 1.54) is 17.0 Å². The van der Waals surface area contributed by atoms with Gasteiger partial charge in [0.1, 0.15) is 18.5 Å². The SMILES string of the molecule is CN(C)c1nccnc1OC1CCCN(C(=O)CN2CCN(c3ccc(F)cc3)C2=O)C1. The number of rotatable bonds is 6. The van der Waals surface area contributed by atoms with Crippen molar-refractivity contribution >= 4 is 23.4 Å². The second kappa shape index (κ2) is 9.37. The molecule has 1 aromatic heterocycles. The highest BCUT2D eigenvalue weighted by Gasteiger charge is 2.33. The molecule has 4 rings (SSSR count). The number of piperidine rings is 1. The first-order valence-corrected chi connectivity index (χ1v) is 10.7. The van der Waals surface area contributed by atoms with Crippen LogP contribution in [0.25, 0.3) is 0 Å². The van der Waals surface area contributed by atoms with Gasteiger partial charge in [0.2, 0.25) is 5.91 Å². The number of benzene rings is 1. The molecule has 2 aromatic rings. The molecular formula is C22H27FN6O3. The third-order valence-corrected chi connectivity index (χ3v) is 5.64. The van der Waals surface area contributed by atoms with Crippen LogP contribution in [-0.2, 0) is 4.79 Å². The van der Waals surface area contributed by atoms with Crippen LogP contribution in [0.3, 0.4) is 0 Å². The second-order valence-corrected chi connectivity index (χ2v) is 8.13. The molecule has 1 atom stereocenters. The Bertz CT molecular complexity index is 970. The number of carbonyl (C=O) groups excluding carboxylic acids is 2. The number of nitrogens with zero attached hydrogens (tertiary/aromatic N) is 6. The van der Waals surface area contributed by atoms with Crippen LogP contribution >= 0.6 is 0 Å². The summed E-state index contributed by atoms with van der Waals surface area (Å²) in [6, 6.07) is 5.54. The minimum Gasteiger partial charge on any atom is -0.470 e. The van der Waals surface area contributed by atoms with Gasteiger partial charge >= 0.3 is 6.03 Å². The van der Waals surface area contributed by atoms with Crippen molar-refractivity contribution in [2.24, 2.45) is 0 Å². The molecule has 3 amide bonds. The van der Waals surface area contributed by atoms with Gasteiger partial charge < -0.3 is 19.4 Å². The Kier molecular flexibility index (Phi) is 6.38. The van der Waals surface area contributed by atoms with Crippen molar-refractivity contribution in [2.75, 3.05) is 56.6 Å². The average molecular weight is 442 g/mol. The number of anilines is 2. The first-order chi connectivity index (χ1) is 15.4. The smallest absolute Gasteiger partial charge is 0.325 e. The molecule has 2 aliphatic heterocycles. The van der Waals surface area contributed by atoms with Crippen LogP contribution in [0.2, 0.25) is 0 Å². The first kappa shape index (κ1) is 21.8. The van der Waals surface area contributed by atoms with E-state index in [0.717, 1.165) is 12.8 Å². The van der Waals surface area contributed by atoms with Crippen LogP contribution in [-0.4, -0.2) is 84.6 Å². The molecule has 1 unspecified atom stereocenters. The lowest BCUT2D eigenvalue weighted by Crippen LogP contribution is -2.48. The number of carbonyl (C=O) groups is 2. The molecular weight excluding hydrogens is 415 g/mol. The summed E-state index contributed by atoms with van der Waals surface area (Å²) in [5.41, 5.74) is 0.624. The quantitative estimate of drug-likeness (QED) is 0.681. The van der Waals surface area contributed by atoms with E-state index in [1.807, 2.05) is 19.0 Å². The molecule has 0 radical (unpaired) electrons. The van der Waals surface area contributed by atoms with Gasteiger partial charge in [0.25, 0.3) is 5.88 Å². The van der Waals surface area contributed by atoms with E-state index in [4.69, 9.17) is 4.74 Å². The summed E-state index contributed by atoms with van der Waals surface area (Å²) in [4.78, 5) is 40.9. The highest BCUT2D eigenvalue weighted by molar-refractivity contribution is 5.96. The molecule has 0 saturated carbocycles. The van der Waals surface area contributed by atoms with Crippen LogP contribution < -0.4 is 14.5 Å². The van der Waals surface area contributed by atoms with Gasteiger partial charge in [-0.25, -0.2) is 19.2 Å². The number of likely N-dealkylation sites (tertiary alicyclic amines) is 1. The number of hydrogen-bond acceptors (Lipinski definition) is 6. The van der Waals surface area contributed by atoms with Gasteiger partial charge in [-0.05, 0) is 37.1 Å². The van der Waals surface area contributed by atoms with Gasteiger partial charge in [-0.3, -0.25) is 9.69 Å². The first-order valence-electron chi connectivity index (χ1n) is 10.7. The monoisotopic (exact) mass is 442 g/mol. The van der Waals surface area contributed by atoms with Crippen molar-refractivity contribution in [3.63, 3.8) is 0 Å². The fraction of sp³-hybridized carbons (Fsp3) is 0.455. The molecule has 10 heteroatoms. The maximum absolute atomic E-state index is 13.2. The van der Waals surface area contributed by atoms with Crippen LogP contribution in [0.15, 0.2) is 36.7 Å². The lowest BCUT2D eigenvalue weighted by molar-refractivity contribution is -0.134. The number of hydrogen-bond donors (Lipinski definition) is 0. The lowest BCUT2D eigenvalue weighted by Gasteiger charge is -2.34. The molecule has 1 aromatic carbocycles. The maximum atomic E-state index is 13.2. The standard InChI is InChI=1S/C22H27FN6O3/c1-26(2)20-21(25-10-9-24-20)32-18-4-3-11-27(14-18)19(30)15-28-12-13-29(22(28)31)17-7-5-16(23)6-8-17/h5-10,18H,3-4,11-15H2,1-2H3. The van der Waals surface area contributed by atoms with Gasteiger partial charge in [-0.15, -0.1) is 0 Å². The van der Waals surface area contributed by atoms with E-state index in [-0.39, 0.29) is 30.4 Å². The zero-order valence-corrected chi connectivity index (χ0v) is 18.3. The molecule has 3 heterocycles. The summed E-state index contributed by atoms with van der Waals surface area (Å²) in [6.07, 6.45) is 4.63. The van der Waals surface area contributed by atoms with Crippen molar-refractivity contribution < 1.29 is 18.7 Å². The summed E-state index contributed by atoms with van der Waals surface area (Å²) >= 11 is 0. The Balaban J connectivity index is 1.35. The highest BCUT2D eigenvalue weighted by atomic mass is 19.1. The molecule has 0 bridgehead atoms. The van der Waals surface area contributed by atoms with Gasteiger partial charge in [-0.1, -0.05) is 0 Å². The zero-order chi connectivity index (χ0) is 22.7. The molecule has 0 aliphatic carbocycles. The van der Waals surface area contributed by atoms with Crippen molar-refractivity contribution in [3.8, 4) is 5.88 Å². The topological polar surface area (TPSA) is 82.1 Å². The molecule has 2 saturated heterocycles. The summed E-state index contributed by atoms with van der Waals surface area (Å²) in [5, 5.41) is 0. The van der Waals surface area contributed by atoms with E-state index in [9.17, 15) is 14.0 Å². The summed E-state index contributed by atoms with van der Waals surface area (Å²) in [6.45, 7) is 1.98. The number of aromatic nitrogens is 2. The molecule has 9 nitrogen and oxygen atoms in total. The van der Waals surface area contributed by atoms with E-state index in [2.05, 4.69) is 9.97 Å². The Hall–Kier alpha value is -3.43. The fourth-order valence-electron chi connectivity index (χ4n) is 3.98. The minimum absolute atomic E-state index is 0.0112.